The average Bonchev–Trinajstić information content (AvgIpc) is 3.13. The third kappa shape index (κ3) is 4.62. The predicted octanol–water partition coefficient (Wildman–Crippen LogP) is 6.12. The number of carbonyl (C=O) groups is 2. The van der Waals surface area contributed by atoms with Crippen molar-refractivity contribution in [1.29, 1.82) is 0 Å². The van der Waals surface area contributed by atoms with Crippen LogP contribution >= 0.6 is 11.6 Å². The molecule has 3 aromatic rings. The number of Topliss-reactive ketones (excluding diaryl/α,β-unsaturated/α-hetero) is 1. The molecule has 1 amide bonds. The van der Waals surface area contributed by atoms with Crippen LogP contribution in [-0.2, 0) is 9.59 Å². The van der Waals surface area contributed by atoms with Gasteiger partial charge in [-0.3, -0.25) is 14.5 Å². The van der Waals surface area contributed by atoms with E-state index in [1.165, 1.54) is 31.3 Å². The third-order valence-corrected chi connectivity index (χ3v) is 6.73. The number of methoxy groups -OCH3 is 2. The Hall–Kier alpha value is -3.97. The van der Waals surface area contributed by atoms with Crippen molar-refractivity contribution < 1.29 is 29.3 Å². The van der Waals surface area contributed by atoms with Crippen molar-refractivity contribution in [1.82, 2.24) is 0 Å². The zero-order chi connectivity index (χ0) is 27.0. The molecule has 1 aliphatic rings. The van der Waals surface area contributed by atoms with Gasteiger partial charge in [0.1, 0.15) is 11.5 Å². The van der Waals surface area contributed by atoms with E-state index in [1.54, 1.807) is 37.3 Å². The van der Waals surface area contributed by atoms with E-state index in [4.69, 9.17) is 21.1 Å². The summed E-state index contributed by atoms with van der Waals surface area (Å²) in [6, 6.07) is 14.2. The standard InChI is InChI=1S/C29H28ClNO6/c1-15(2)17-6-9-19(10-7-17)31-25(18-8-11-23(36-4)22(32)14-18)24(27(34)29(31)35)26(33)20-12-16(3)13-21(30)28(20)37-5/h6-15,25,32-33H,1-5H3/b26-24+. The Balaban J connectivity index is 1.99. The maximum Gasteiger partial charge on any atom is 0.300 e. The lowest BCUT2D eigenvalue weighted by molar-refractivity contribution is -0.132. The van der Waals surface area contributed by atoms with Gasteiger partial charge in [0.25, 0.3) is 11.7 Å². The highest BCUT2D eigenvalue weighted by atomic mass is 35.5. The highest BCUT2D eigenvalue weighted by Crippen LogP contribution is 2.46. The number of nitrogens with zero attached hydrogens (tertiary/aromatic N) is 1. The van der Waals surface area contributed by atoms with Gasteiger partial charge in [0.2, 0.25) is 0 Å². The second-order valence-corrected chi connectivity index (χ2v) is 9.58. The molecule has 0 radical (unpaired) electrons. The van der Waals surface area contributed by atoms with Crippen LogP contribution in [0.15, 0.2) is 60.2 Å². The van der Waals surface area contributed by atoms with Crippen LogP contribution in [0.25, 0.3) is 5.76 Å². The van der Waals surface area contributed by atoms with Gasteiger partial charge in [0, 0.05) is 5.69 Å². The summed E-state index contributed by atoms with van der Waals surface area (Å²) < 4.78 is 10.6. The number of carbonyl (C=O) groups excluding carboxylic acids is 2. The van der Waals surface area contributed by atoms with Crippen LogP contribution in [0.5, 0.6) is 17.2 Å². The molecule has 4 rings (SSSR count). The number of phenols is 1. The number of hydrogen-bond acceptors (Lipinski definition) is 6. The lowest BCUT2D eigenvalue weighted by Gasteiger charge is -2.26. The first-order valence-electron chi connectivity index (χ1n) is 11.7. The first-order chi connectivity index (χ1) is 17.6. The molecule has 192 valence electrons. The summed E-state index contributed by atoms with van der Waals surface area (Å²) in [5.74, 6) is -1.60. The highest BCUT2D eigenvalue weighted by Gasteiger charge is 2.47. The topological polar surface area (TPSA) is 96.3 Å². The smallest absolute Gasteiger partial charge is 0.300 e. The van der Waals surface area contributed by atoms with Gasteiger partial charge in [-0.2, -0.15) is 0 Å². The van der Waals surface area contributed by atoms with Crippen molar-refractivity contribution in [2.45, 2.75) is 32.7 Å². The number of anilines is 1. The fourth-order valence-electron chi connectivity index (χ4n) is 4.57. The van der Waals surface area contributed by atoms with E-state index in [-0.39, 0.29) is 39.3 Å². The summed E-state index contributed by atoms with van der Waals surface area (Å²) in [5.41, 5.74) is 2.71. The molecule has 0 aliphatic carbocycles. The summed E-state index contributed by atoms with van der Waals surface area (Å²) in [7, 11) is 2.83. The van der Waals surface area contributed by atoms with Crippen molar-refractivity contribution in [3.05, 3.63) is 87.4 Å². The zero-order valence-electron chi connectivity index (χ0n) is 21.2. The SMILES string of the molecule is COc1ccc(C2/C(=C(\O)c3cc(C)cc(Cl)c3OC)C(=O)C(=O)N2c2ccc(C(C)C)cc2)cc1O. The van der Waals surface area contributed by atoms with Crippen molar-refractivity contribution in [2.75, 3.05) is 19.1 Å². The Morgan fingerprint density at radius 2 is 1.68 bits per heavy atom. The van der Waals surface area contributed by atoms with Crippen LogP contribution in [0.4, 0.5) is 5.69 Å². The molecule has 1 heterocycles. The van der Waals surface area contributed by atoms with E-state index in [0.717, 1.165) is 11.1 Å². The molecule has 1 aliphatic heterocycles. The average molecular weight is 522 g/mol. The number of halogens is 1. The lowest BCUT2D eigenvalue weighted by atomic mass is 9.94. The van der Waals surface area contributed by atoms with Gasteiger partial charge in [-0.15, -0.1) is 0 Å². The van der Waals surface area contributed by atoms with Crippen molar-refractivity contribution in [3.63, 3.8) is 0 Å². The molecular weight excluding hydrogens is 494 g/mol. The van der Waals surface area contributed by atoms with E-state index in [9.17, 15) is 19.8 Å². The van der Waals surface area contributed by atoms with E-state index >= 15 is 0 Å². The lowest BCUT2D eigenvalue weighted by Crippen LogP contribution is -2.29. The maximum atomic E-state index is 13.5. The minimum Gasteiger partial charge on any atom is -0.507 e. The summed E-state index contributed by atoms with van der Waals surface area (Å²) >= 11 is 6.36. The fraction of sp³-hybridized carbons (Fsp3) is 0.241. The number of hydrogen-bond donors (Lipinski definition) is 2. The third-order valence-electron chi connectivity index (χ3n) is 6.45. The molecule has 0 spiro atoms. The fourth-order valence-corrected chi connectivity index (χ4v) is 4.92. The molecule has 37 heavy (non-hydrogen) atoms. The monoisotopic (exact) mass is 521 g/mol. The van der Waals surface area contributed by atoms with E-state index in [0.29, 0.717) is 11.3 Å². The van der Waals surface area contributed by atoms with E-state index in [2.05, 4.69) is 13.8 Å². The summed E-state index contributed by atoms with van der Waals surface area (Å²) in [5, 5.41) is 22.3. The number of amides is 1. The molecule has 8 heteroatoms. The number of benzene rings is 3. The second-order valence-electron chi connectivity index (χ2n) is 9.17. The van der Waals surface area contributed by atoms with Crippen molar-refractivity contribution in [3.8, 4) is 17.2 Å². The quantitative estimate of drug-likeness (QED) is 0.230. The number of aliphatic hydroxyl groups excluding tert-OH is 1. The summed E-state index contributed by atoms with van der Waals surface area (Å²) in [6.07, 6.45) is 0. The van der Waals surface area contributed by atoms with Gasteiger partial charge < -0.3 is 19.7 Å². The molecule has 0 bridgehead atoms. The minimum atomic E-state index is -1.04. The largest absolute Gasteiger partial charge is 0.507 e. The van der Waals surface area contributed by atoms with Gasteiger partial charge in [-0.1, -0.05) is 43.6 Å². The van der Waals surface area contributed by atoms with Crippen LogP contribution in [0.2, 0.25) is 5.02 Å². The van der Waals surface area contributed by atoms with Gasteiger partial charge in [0.15, 0.2) is 11.5 Å². The Bertz CT molecular complexity index is 1410. The number of phenolic OH excluding ortho intramolecular Hbond substituents is 1. The summed E-state index contributed by atoms with van der Waals surface area (Å²) in [4.78, 5) is 28.2. The maximum absolute atomic E-state index is 13.5. The summed E-state index contributed by atoms with van der Waals surface area (Å²) in [6.45, 7) is 5.90. The number of rotatable bonds is 6. The first kappa shape index (κ1) is 26.1. The number of aliphatic hydroxyl groups is 1. The predicted molar refractivity (Wildman–Crippen MR) is 143 cm³/mol. The number of aromatic hydroxyl groups is 1. The Morgan fingerprint density at radius 1 is 1.00 bits per heavy atom. The molecule has 0 aromatic heterocycles. The molecule has 1 fully saturated rings. The second kappa shape index (κ2) is 10.2. The van der Waals surface area contributed by atoms with Gasteiger partial charge in [-0.05, 0) is 65.9 Å². The van der Waals surface area contributed by atoms with Gasteiger partial charge in [0.05, 0.1) is 36.4 Å². The van der Waals surface area contributed by atoms with Crippen LogP contribution in [0, 0.1) is 6.92 Å². The van der Waals surface area contributed by atoms with Crippen LogP contribution in [0.3, 0.4) is 0 Å². The molecule has 2 N–H and O–H groups in total. The number of aryl methyl sites for hydroxylation is 1. The highest BCUT2D eigenvalue weighted by molar-refractivity contribution is 6.51. The van der Waals surface area contributed by atoms with Gasteiger partial charge in [-0.25, -0.2) is 0 Å². The van der Waals surface area contributed by atoms with Crippen LogP contribution in [-0.4, -0.2) is 36.1 Å². The molecular formula is C29H28ClNO6. The zero-order valence-corrected chi connectivity index (χ0v) is 22.0. The Kier molecular flexibility index (Phi) is 7.18. The Labute approximate surface area is 220 Å². The van der Waals surface area contributed by atoms with Crippen molar-refractivity contribution >= 4 is 34.7 Å². The molecule has 3 aromatic carbocycles. The number of ketones is 1. The van der Waals surface area contributed by atoms with Crippen LogP contribution < -0.4 is 14.4 Å². The molecule has 1 saturated heterocycles. The van der Waals surface area contributed by atoms with E-state index in [1.807, 2.05) is 12.1 Å². The first-order valence-corrected chi connectivity index (χ1v) is 12.1. The van der Waals surface area contributed by atoms with Crippen LogP contribution in [0.1, 0.15) is 48.1 Å². The molecule has 1 atom stereocenters. The normalized spacial score (nSPS) is 16.9. The molecule has 1 unspecified atom stereocenters. The van der Waals surface area contributed by atoms with E-state index < -0.39 is 23.5 Å². The molecule has 7 nitrogen and oxygen atoms in total. The molecule has 0 saturated carbocycles. The Morgan fingerprint density at radius 3 is 2.24 bits per heavy atom. The minimum absolute atomic E-state index is 0.150. The van der Waals surface area contributed by atoms with Crippen molar-refractivity contribution in [2.24, 2.45) is 0 Å². The van der Waals surface area contributed by atoms with Gasteiger partial charge >= 0.3 is 0 Å². The number of ether oxygens (including phenoxy) is 2.